The minimum absolute atomic E-state index is 0.0413. The minimum atomic E-state index is -5.17. The van der Waals surface area contributed by atoms with E-state index in [1.807, 2.05) is 0 Å². The quantitative estimate of drug-likeness (QED) is 0.741. The molecule has 0 bridgehead atoms. The molecular weight excluding hydrogens is 318 g/mol. The maximum absolute atomic E-state index is 10.5. The molecule has 2 aromatic carbocycles. The van der Waals surface area contributed by atoms with E-state index in [2.05, 4.69) is 0 Å². The molecular formula is C14H15Cl2O3P. The predicted molar refractivity (Wildman–Crippen MR) is 85.2 cm³/mol. The first-order chi connectivity index (χ1) is 9.10. The summed E-state index contributed by atoms with van der Waals surface area (Å²) >= 11 is 11.8. The second kappa shape index (κ2) is 4.96. The van der Waals surface area contributed by atoms with Gasteiger partial charge in [-0.2, -0.15) is 0 Å². The van der Waals surface area contributed by atoms with Gasteiger partial charge in [-0.05, 0) is 0 Å². The van der Waals surface area contributed by atoms with Crippen molar-refractivity contribution in [3.63, 3.8) is 0 Å². The number of hydrogen-bond donors (Lipinski definition) is 3. The summed E-state index contributed by atoms with van der Waals surface area (Å²) in [6.45, 7) is 3.46. The molecule has 0 saturated carbocycles. The molecule has 0 radical (unpaired) electrons. The molecule has 0 aliphatic rings. The Morgan fingerprint density at radius 1 is 0.750 bits per heavy atom. The first-order valence-electron chi connectivity index (χ1n) is 5.90. The molecule has 0 aromatic heterocycles. The molecule has 3 nitrogen and oxygen atoms in total. The zero-order valence-corrected chi connectivity index (χ0v) is 13.4. The molecule has 0 aliphatic carbocycles. The van der Waals surface area contributed by atoms with Gasteiger partial charge < -0.3 is 0 Å². The summed E-state index contributed by atoms with van der Waals surface area (Å²) in [5, 5.41) is 1.07. The van der Waals surface area contributed by atoms with E-state index < -0.39 is 7.28 Å². The second-order valence-corrected chi connectivity index (χ2v) is 8.65. The maximum atomic E-state index is 10.5. The molecule has 0 spiro atoms. The van der Waals surface area contributed by atoms with Gasteiger partial charge in [0.05, 0.1) is 0 Å². The number of hydrogen-bond acceptors (Lipinski definition) is 3. The van der Waals surface area contributed by atoms with E-state index in [-0.39, 0.29) is 10.6 Å². The van der Waals surface area contributed by atoms with Gasteiger partial charge in [-0.3, -0.25) is 0 Å². The van der Waals surface area contributed by atoms with Gasteiger partial charge in [0.1, 0.15) is 0 Å². The average molecular weight is 333 g/mol. The van der Waals surface area contributed by atoms with E-state index in [0.29, 0.717) is 21.2 Å². The van der Waals surface area contributed by atoms with Crippen LogP contribution in [0.4, 0.5) is 0 Å². The summed E-state index contributed by atoms with van der Waals surface area (Å²) in [6.07, 6.45) is 0. The summed E-state index contributed by atoms with van der Waals surface area (Å²) in [6, 6.07) is 8.83. The Hall–Kier alpha value is -0.670. The Morgan fingerprint density at radius 3 is 1.40 bits per heavy atom. The topological polar surface area (TPSA) is 60.7 Å². The molecule has 0 amide bonds. The fourth-order valence-corrected chi connectivity index (χ4v) is 4.01. The van der Waals surface area contributed by atoms with Crippen LogP contribution in [0.2, 0.25) is 10.0 Å². The van der Waals surface area contributed by atoms with Crippen LogP contribution in [0.5, 0.6) is 0 Å². The molecule has 0 fully saturated rings. The van der Waals surface area contributed by atoms with Crippen molar-refractivity contribution in [3.05, 3.63) is 57.6 Å². The van der Waals surface area contributed by atoms with Crippen LogP contribution in [-0.4, -0.2) is 14.7 Å². The van der Waals surface area contributed by atoms with E-state index in [1.54, 1.807) is 13.8 Å². The molecule has 108 valence electrons. The first kappa shape index (κ1) is 15.7. The third kappa shape index (κ3) is 2.71. The number of aryl methyl sites for hydroxylation is 2. The van der Waals surface area contributed by atoms with Crippen molar-refractivity contribution in [1.82, 2.24) is 0 Å². The van der Waals surface area contributed by atoms with Crippen molar-refractivity contribution in [2.75, 3.05) is 0 Å². The summed E-state index contributed by atoms with van der Waals surface area (Å²) < 4.78 is 0. The zero-order chi connectivity index (χ0) is 15.2. The monoisotopic (exact) mass is 332 g/mol. The van der Waals surface area contributed by atoms with Crippen LogP contribution in [0.3, 0.4) is 0 Å². The number of benzene rings is 2. The molecule has 0 heterocycles. The van der Waals surface area contributed by atoms with Crippen molar-refractivity contribution in [1.29, 1.82) is 0 Å². The van der Waals surface area contributed by atoms with Crippen LogP contribution in [0.25, 0.3) is 0 Å². The third-order valence-corrected chi connectivity index (χ3v) is 6.54. The Bertz CT molecular complexity index is 622. The number of halogens is 2. The molecule has 0 aliphatic heterocycles. The number of rotatable bonds is 2. The van der Waals surface area contributed by atoms with E-state index in [1.165, 1.54) is 36.4 Å². The molecule has 0 unspecified atom stereocenters. The van der Waals surface area contributed by atoms with Crippen LogP contribution in [0, 0.1) is 13.8 Å². The third-order valence-electron chi connectivity index (χ3n) is 3.23. The molecule has 3 N–H and O–H groups in total. The fourth-order valence-electron chi connectivity index (χ4n) is 1.92. The van der Waals surface area contributed by atoms with Crippen molar-refractivity contribution in [3.8, 4) is 0 Å². The van der Waals surface area contributed by atoms with Gasteiger partial charge in [0.15, 0.2) is 0 Å². The standard InChI is InChI=1S/C14H15Cl2O3P/c1-9-7-11(3-5-13(9)15)20(17,18,19)12-4-6-14(16)10(2)8-12/h3-8,17-19H,1-2H3. The first-order valence-corrected chi connectivity index (χ1v) is 8.75. The van der Waals surface area contributed by atoms with Gasteiger partial charge >= 0.3 is 127 Å². The van der Waals surface area contributed by atoms with Gasteiger partial charge in [-0.1, -0.05) is 0 Å². The van der Waals surface area contributed by atoms with Gasteiger partial charge in [-0.25, -0.2) is 0 Å². The Morgan fingerprint density at radius 2 is 1.10 bits per heavy atom. The van der Waals surface area contributed by atoms with Gasteiger partial charge in [-0.15, -0.1) is 0 Å². The van der Waals surface area contributed by atoms with Gasteiger partial charge in [0.25, 0.3) is 0 Å². The zero-order valence-electron chi connectivity index (χ0n) is 11.0. The van der Waals surface area contributed by atoms with E-state index >= 15 is 0 Å². The van der Waals surface area contributed by atoms with Crippen molar-refractivity contribution < 1.29 is 14.7 Å². The van der Waals surface area contributed by atoms with Crippen LogP contribution < -0.4 is 10.6 Å². The molecule has 0 atom stereocenters. The summed E-state index contributed by atoms with van der Waals surface area (Å²) in [5.41, 5.74) is 1.31. The Balaban J connectivity index is 2.65. The van der Waals surface area contributed by atoms with Crippen LogP contribution in [0.1, 0.15) is 11.1 Å². The molecule has 6 heteroatoms. The summed E-state index contributed by atoms with van der Waals surface area (Å²) in [7, 11) is -5.17. The van der Waals surface area contributed by atoms with Crippen molar-refractivity contribution in [2.45, 2.75) is 13.8 Å². The van der Waals surface area contributed by atoms with Gasteiger partial charge in [0.2, 0.25) is 0 Å². The fraction of sp³-hybridized carbons (Fsp3) is 0.143. The van der Waals surface area contributed by atoms with E-state index in [9.17, 15) is 14.7 Å². The molecule has 2 aromatic rings. The average Bonchev–Trinajstić information content (AvgIpc) is 2.35. The van der Waals surface area contributed by atoms with Crippen molar-refractivity contribution in [2.24, 2.45) is 0 Å². The normalized spacial score (nSPS) is 13.8. The van der Waals surface area contributed by atoms with Crippen LogP contribution in [-0.2, 0) is 0 Å². The summed E-state index contributed by atoms with van der Waals surface area (Å²) in [4.78, 5) is 31.5. The SMILES string of the molecule is Cc1cc(P(O)(O)(O)c2ccc(Cl)c(C)c2)ccc1Cl. The van der Waals surface area contributed by atoms with Crippen molar-refractivity contribution >= 4 is 41.1 Å². The molecule has 20 heavy (non-hydrogen) atoms. The Labute approximate surface area is 127 Å². The van der Waals surface area contributed by atoms with Crippen LogP contribution >= 0.6 is 30.5 Å². The van der Waals surface area contributed by atoms with E-state index in [0.717, 1.165) is 0 Å². The molecule has 2 rings (SSSR count). The summed E-state index contributed by atoms with van der Waals surface area (Å²) in [5.74, 6) is 0. The second-order valence-electron chi connectivity index (χ2n) is 4.85. The molecule has 0 saturated heterocycles. The van der Waals surface area contributed by atoms with Crippen LogP contribution in [0.15, 0.2) is 36.4 Å². The Kier molecular flexibility index (Phi) is 3.89. The van der Waals surface area contributed by atoms with Gasteiger partial charge in [0, 0.05) is 0 Å². The van der Waals surface area contributed by atoms with E-state index in [4.69, 9.17) is 23.2 Å². The predicted octanol–water partition coefficient (Wildman–Crippen LogP) is 2.84.